The molecule has 4 aromatic rings. The van der Waals surface area contributed by atoms with Gasteiger partial charge in [0.05, 0.1) is 51.3 Å². The Morgan fingerprint density at radius 3 is 1.67 bits per heavy atom. The fraction of sp³-hybridized carbons (Fsp3) is 0.278. The van der Waals surface area contributed by atoms with Gasteiger partial charge in [-0.05, 0) is 34.4 Å². The summed E-state index contributed by atoms with van der Waals surface area (Å²) in [6.45, 7) is 2.01. The molecule has 0 amide bonds. The number of benzene rings is 4. The average Bonchev–Trinajstić information content (AvgIpc) is 3.56. The quantitative estimate of drug-likeness (QED) is 0.198. The Labute approximate surface area is 252 Å². The van der Waals surface area contributed by atoms with E-state index < -0.39 is 12.2 Å². The summed E-state index contributed by atoms with van der Waals surface area (Å²) in [5.41, 5.74) is 8.20. The molecular formula is C36H37NO6. The summed E-state index contributed by atoms with van der Waals surface area (Å²) < 4.78 is 32.0. The van der Waals surface area contributed by atoms with E-state index in [9.17, 15) is 0 Å². The number of nitrogens with one attached hydrogen (secondary N) is 1. The molecule has 0 spiro atoms. The monoisotopic (exact) mass is 579 g/mol. The van der Waals surface area contributed by atoms with E-state index in [1.54, 1.807) is 7.11 Å². The smallest absolute Gasteiger partial charge is 0.150 e. The SMILES string of the molecule is COc1ccc(COC2=C3NOC[C@H]3[C@H](OCc3ccccc3)[C@@H](OCc3ccccc3)[C@@H]2OCc2ccccc2)cc1. The Morgan fingerprint density at radius 2 is 1.12 bits per heavy atom. The fourth-order valence-electron chi connectivity index (χ4n) is 5.46. The Balaban J connectivity index is 1.32. The van der Waals surface area contributed by atoms with Gasteiger partial charge in [0.25, 0.3) is 0 Å². The van der Waals surface area contributed by atoms with Gasteiger partial charge >= 0.3 is 0 Å². The number of fused-ring (bicyclic) bond motifs is 1. The van der Waals surface area contributed by atoms with Gasteiger partial charge < -0.3 is 23.7 Å². The summed E-state index contributed by atoms with van der Waals surface area (Å²) in [5.74, 6) is 1.35. The summed E-state index contributed by atoms with van der Waals surface area (Å²) in [6.07, 6.45) is -1.36. The molecular weight excluding hydrogens is 542 g/mol. The summed E-state index contributed by atoms with van der Waals surface area (Å²) in [6, 6.07) is 38.3. The van der Waals surface area contributed by atoms with Crippen molar-refractivity contribution in [1.29, 1.82) is 0 Å². The van der Waals surface area contributed by atoms with E-state index in [0.29, 0.717) is 38.8 Å². The summed E-state index contributed by atoms with van der Waals surface area (Å²) in [4.78, 5) is 5.81. The summed E-state index contributed by atoms with van der Waals surface area (Å²) >= 11 is 0. The molecule has 1 fully saturated rings. The molecule has 0 radical (unpaired) electrons. The van der Waals surface area contributed by atoms with Crippen LogP contribution in [-0.2, 0) is 50.2 Å². The van der Waals surface area contributed by atoms with Crippen LogP contribution in [0.2, 0.25) is 0 Å². The minimum atomic E-state index is -0.552. The van der Waals surface area contributed by atoms with Crippen LogP contribution in [0.1, 0.15) is 22.3 Å². The molecule has 222 valence electrons. The zero-order valence-electron chi connectivity index (χ0n) is 24.3. The molecule has 1 saturated heterocycles. The van der Waals surface area contributed by atoms with Crippen molar-refractivity contribution in [3.63, 3.8) is 0 Å². The van der Waals surface area contributed by atoms with E-state index in [2.05, 4.69) is 41.9 Å². The molecule has 43 heavy (non-hydrogen) atoms. The molecule has 6 rings (SSSR count). The first-order valence-corrected chi connectivity index (χ1v) is 14.6. The van der Waals surface area contributed by atoms with Gasteiger partial charge in [-0.25, -0.2) is 0 Å². The minimum absolute atomic E-state index is 0.119. The number of rotatable bonds is 13. The van der Waals surface area contributed by atoms with Crippen LogP contribution in [-0.4, -0.2) is 32.0 Å². The molecule has 0 saturated carbocycles. The van der Waals surface area contributed by atoms with Crippen LogP contribution in [0.5, 0.6) is 5.75 Å². The van der Waals surface area contributed by atoms with Crippen LogP contribution in [0, 0.1) is 5.92 Å². The van der Waals surface area contributed by atoms with E-state index >= 15 is 0 Å². The maximum Gasteiger partial charge on any atom is 0.150 e. The lowest BCUT2D eigenvalue weighted by molar-refractivity contribution is -0.172. The lowest BCUT2D eigenvalue weighted by atomic mass is 9.84. The van der Waals surface area contributed by atoms with Crippen LogP contribution in [0.4, 0.5) is 0 Å². The van der Waals surface area contributed by atoms with Gasteiger partial charge in [-0.2, -0.15) is 0 Å². The van der Waals surface area contributed by atoms with Crippen molar-refractivity contribution in [3.8, 4) is 5.75 Å². The second-order valence-electron chi connectivity index (χ2n) is 10.7. The molecule has 4 aromatic carbocycles. The van der Waals surface area contributed by atoms with E-state index in [-0.39, 0.29) is 12.0 Å². The Hall–Kier alpha value is -4.14. The van der Waals surface area contributed by atoms with E-state index in [1.165, 1.54) is 0 Å². The number of hydrogen-bond donors (Lipinski definition) is 1. The first kappa shape index (κ1) is 29.0. The normalized spacial score (nSPS) is 21.2. The number of hydrogen-bond acceptors (Lipinski definition) is 7. The van der Waals surface area contributed by atoms with Gasteiger partial charge in [0.2, 0.25) is 0 Å². The zero-order valence-corrected chi connectivity index (χ0v) is 24.3. The zero-order chi connectivity index (χ0) is 29.3. The third kappa shape index (κ3) is 7.27. The second-order valence-corrected chi connectivity index (χ2v) is 10.7. The molecule has 4 atom stereocenters. The summed E-state index contributed by atoms with van der Waals surface area (Å²) in [5, 5.41) is 0. The van der Waals surface area contributed by atoms with Gasteiger partial charge in [0.15, 0.2) is 0 Å². The highest BCUT2D eigenvalue weighted by Gasteiger charge is 2.50. The van der Waals surface area contributed by atoms with Crippen LogP contribution in [0.3, 0.4) is 0 Å². The number of hydroxylamine groups is 1. The molecule has 2 aliphatic rings. The van der Waals surface area contributed by atoms with Gasteiger partial charge in [-0.3, -0.25) is 10.3 Å². The average molecular weight is 580 g/mol. The predicted octanol–water partition coefficient (Wildman–Crippen LogP) is 6.34. The van der Waals surface area contributed by atoms with Crippen molar-refractivity contribution >= 4 is 0 Å². The van der Waals surface area contributed by atoms with E-state index in [1.807, 2.05) is 78.9 Å². The molecule has 7 heteroatoms. The van der Waals surface area contributed by atoms with Crippen molar-refractivity contribution < 1.29 is 28.5 Å². The lowest BCUT2D eigenvalue weighted by Gasteiger charge is -2.41. The molecule has 0 bridgehead atoms. The minimum Gasteiger partial charge on any atom is -0.497 e. The van der Waals surface area contributed by atoms with Gasteiger partial charge in [-0.1, -0.05) is 103 Å². The van der Waals surface area contributed by atoms with Crippen molar-refractivity contribution in [1.82, 2.24) is 5.48 Å². The maximum absolute atomic E-state index is 6.73. The van der Waals surface area contributed by atoms with Gasteiger partial charge in [0.1, 0.15) is 30.3 Å². The largest absolute Gasteiger partial charge is 0.497 e. The highest BCUT2D eigenvalue weighted by molar-refractivity contribution is 5.29. The first-order chi connectivity index (χ1) is 21.3. The lowest BCUT2D eigenvalue weighted by Crippen LogP contribution is -2.52. The highest BCUT2D eigenvalue weighted by Crippen LogP contribution is 2.39. The van der Waals surface area contributed by atoms with Crippen LogP contribution in [0.15, 0.2) is 127 Å². The second kappa shape index (κ2) is 14.4. The molecule has 0 aromatic heterocycles. The maximum atomic E-state index is 6.73. The van der Waals surface area contributed by atoms with Crippen molar-refractivity contribution in [2.24, 2.45) is 5.92 Å². The van der Waals surface area contributed by atoms with Crippen LogP contribution >= 0.6 is 0 Å². The number of ether oxygens (including phenoxy) is 5. The molecule has 1 heterocycles. The van der Waals surface area contributed by atoms with Crippen molar-refractivity contribution in [2.75, 3.05) is 13.7 Å². The van der Waals surface area contributed by atoms with Gasteiger partial charge in [-0.15, -0.1) is 0 Å². The Kier molecular flexibility index (Phi) is 9.67. The first-order valence-electron chi connectivity index (χ1n) is 14.6. The molecule has 0 unspecified atom stereocenters. The third-order valence-electron chi connectivity index (χ3n) is 7.75. The van der Waals surface area contributed by atoms with Crippen LogP contribution in [0.25, 0.3) is 0 Å². The topological polar surface area (TPSA) is 67.4 Å². The molecule has 7 nitrogen and oxygen atoms in total. The van der Waals surface area contributed by atoms with E-state index in [4.69, 9.17) is 28.5 Å². The fourth-order valence-corrected chi connectivity index (χ4v) is 5.46. The predicted molar refractivity (Wildman–Crippen MR) is 162 cm³/mol. The van der Waals surface area contributed by atoms with Crippen LogP contribution < -0.4 is 10.2 Å². The number of methoxy groups -OCH3 is 1. The highest BCUT2D eigenvalue weighted by atomic mass is 16.7. The van der Waals surface area contributed by atoms with Crippen molar-refractivity contribution in [3.05, 3.63) is 149 Å². The summed E-state index contributed by atoms with van der Waals surface area (Å²) in [7, 11) is 1.66. The standard InChI is InChI=1S/C36H37NO6/c1-38-30-19-17-29(18-20-30)24-40-34-32-31(25-43-37-32)33(39-21-26-11-5-2-6-12-26)35(41-22-27-13-7-3-8-14-27)36(34)42-23-28-15-9-4-10-16-28/h2-20,31,33,35-37H,21-25H2,1H3/t31-,33+,35-,36-/m1/s1. The third-order valence-corrected chi connectivity index (χ3v) is 7.75. The molecule has 1 N–H and O–H groups in total. The molecule has 1 aliphatic heterocycles. The molecule has 1 aliphatic carbocycles. The Bertz CT molecular complexity index is 1450. The van der Waals surface area contributed by atoms with Crippen molar-refractivity contribution in [2.45, 2.75) is 44.7 Å². The van der Waals surface area contributed by atoms with E-state index in [0.717, 1.165) is 33.7 Å². The van der Waals surface area contributed by atoms with Gasteiger partial charge in [0, 0.05) is 0 Å². The Morgan fingerprint density at radius 1 is 0.605 bits per heavy atom.